The number of aryl methyl sites for hydroxylation is 1. The molecule has 0 aliphatic carbocycles. The van der Waals surface area contributed by atoms with E-state index in [1.807, 2.05) is 24.5 Å². The van der Waals surface area contributed by atoms with E-state index >= 15 is 0 Å². The summed E-state index contributed by atoms with van der Waals surface area (Å²) in [6, 6.07) is 13.1. The van der Waals surface area contributed by atoms with Crippen molar-refractivity contribution in [1.29, 1.82) is 0 Å². The highest BCUT2D eigenvalue weighted by Crippen LogP contribution is 2.19. The first-order valence-corrected chi connectivity index (χ1v) is 7.12. The van der Waals surface area contributed by atoms with Crippen LogP contribution in [0.3, 0.4) is 0 Å². The maximum Gasteiger partial charge on any atom is 0.0472 e. The van der Waals surface area contributed by atoms with Crippen LogP contribution in [-0.4, -0.2) is 23.5 Å². The first-order valence-electron chi connectivity index (χ1n) is 7.12. The van der Waals surface area contributed by atoms with Crippen LogP contribution >= 0.6 is 0 Å². The minimum absolute atomic E-state index is 0.226. The molecule has 2 N–H and O–H groups in total. The summed E-state index contributed by atoms with van der Waals surface area (Å²) in [6.45, 7) is 3.68. The van der Waals surface area contributed by atoms with Gasteiger partial charge in [0.25, 0.3) is 0 Å². The van der Waals surface area contributed by atoms with Gasteiger partial charge in [-0.15, -0.1) is 0 Å². The second kappa shape index (κ2) is 7.17. The third-order valence-electron chi connectivity index (χ3n) is 3.71. The van der Waals surface area contributed by atoms with Gasteiger partial charge in [-0.1, -0.05) is 31.2 Å². The molecule has 1 atom stereocenters. The van der Waals surface area contributed by atoms with Crippen molar-refractivity contribution in [3.05, 3.63) is 65.5 Å². The quantitative estimate of drug-likeness (QED) is 0.877. The van der Waals surface area contributed by atoms with Gasteiger partial charge < -0.3 is 5.73 Å². The molecule has 3 heteroatoms. The Kier molecular flexibility index (Phi) is 5.27. The lowest BCUT2D eigenvalue weighted by Gasteiger charge is -2.27. The van der Waals surface area contributed by atoms with Crippen molar-refractivity contribution in [1.82, 2.24) is 9.88 Å². The van der Waals surface area contributed by atoms with Gasteiger partial charge in [-0.3, -0.25) is 9.88 Å². The van der Waals surface area contributed by atoms with Crippen LogP contribution < -0.4 is 5.73 Å². The molecule has 1 aromatic carbocycles. The van der Waals surface area contributed by atoms with Crippen molar-refractivity contribution in [2.75, 3.05) is 13.6 Å². The van der Waals surface area contributed by atoms with Crippen molar-refractivity contribution >= 4 is 0 Å². The summed E-state index contributed by atoms with van der Waals surface area (Å²) in [5.41, 5.74) is 9.85. The summed E-state index contributed by atoms with van der Waals surface area (Å²) < 4.78 is 0. The molecule has 0 radical (unpaired) electrons. The molecule has 20 heavy (non-hydrogen) atoms. The topological polar surface area (TPSA) is 42.1 Å². The minimum Gasteiger partial charge on any atom is -0.329 e. The van der Waals surface area contributed by atoms with E-state index in [1.165, 1.54) is 16.7 Å². The van der Waals surface area contributed by atoms with Crippen LogP contribution in [0.15, 0.2) is 48.8 Å². The summed E-state index contributed by atoms with van der Waals surface area (Å²) in [6.07, 6.45) is 4.72. The standard InChI is InChI=1S/C17H23N3/c1-3-14-4-6-15(7-5-14)13-20(2)17(12-18)16-8-10-19-11-9-16/h4-11,17H,3,12-13,18H2,1-2H3. The lowest BCUT2D eigenvalue weighted by Crippen LogP contribution is -2.30. The van der Waals surface area contributed by atoms with Gasteiger partial charge in [0.2, 0.25) is 0 Å². The molecule has 0 bridgehead atoms. The fourth-order valence-corrected chi connectivity index (χ4v) is 2.43. The third kappa shape index (κ3) is 3.65. The number of rotatable bonds is 6. The maximum atomic E-state index is 5.94. The van der Waals surface area contributed by atoms with Gasteiger partial charge in [-0.05, 0) is 42.3 Å². The Morgan fingerprint density at radius 1 is 1.05 bits per heavy atom. The average Bonchev–Trinajstić information content (AvgIpc) is 2.50. The molecule has 0 spiro atoms. The fourth-order valence-electron chi connectivity index (χ4n) is 2.43. The molecule has 1 unspecified atom stereocenters. The van der Waals surface area contributed by atoms with Crippen LogP contribution in [0.1, 0.15) is 29.7 Å². The van der Waals surface area contributed by atoms with Gasteiger partial charge in [0, 0.05) is 31.5 Å². The van der Waals surface area contributed by atoms with Crippen molar-refractivity contribution < 1.29 is 0 Å². The molecule has 2 aromatic rings. The Morgan fingerprint density at radius 2 is 1.65 bits per heavy atom. The largest absolute Gasteiger partial charge is 0.329 e. The van der Waals surface area contributed by atoms with E-state index in [0.717, 1.165) is 13.0 Å². The highest BCUT2D eigenvalue weighted by Gasteiger charge is 2.15. The van der Waals surface area contributed by atoms with Crippen LogP contribution in [0.5, 0.6) is 0 Å². The van der Waals surface area contributed by atoms with Gasteiger partial charge in [0.1, 0.15) is 0 Å². The Balaban J connectivity index is 2.07. The molecule has 1 aromatic heterocycles. The van der Waals surface area contributed by atoms with Crippen molar-refractivity contribution in [3.63, 3.8) is 0 Å². The van der Waals surface area contributed by atoms with Crippen LogP contribution in [0.4, 0.5) is 0 Å². The molecule has 0 saturated heterocycles. The zero-order valence-corrected chi connectivity index (χ0v) is 12.3. The fraction of sp³-hybridized carbons (Fsp3) is 0.353. The average molecular weight is 269 g/mol. The predicted molar refractivity (Wildman–Crippen MR) is 83.3 cm³/mol. The van der Waals surface area contributed by atoms with E-state index in [4.69, 9.17) is 5.73 Å². The second-order valence-electron chi connectivity index (χ2n) is 5.12. The van der Waals surface area contributed by atoms with E-state index in [2.05, 4.69) is 48.1 Å². The highest BCUT2D eigenvalue weighted by molar-refractivity contribution is 5.23. The second-order valence-corrected chi connectivity index (χ2v) is 5.12. The number of nitrogens with zero attached hydrogens (tertiary/aromatic N) is 2. The van der Waals surface area contributed by atoms with Crippen molar-refractivity contribution in [2.24, 2.45) is 5.73 Å². The number of aromatic nitrogens is 1. The smallest absolute Gasteiger partial charge is 0.0472 e. The molecular formula is C17H23N3. The summed E-state index contributed by atoms with van der Waals surface area (Å²) in [5, 5.41) is 0. The number of likely N-dealkylation sites (N-methyl/N-ethyl adjacent to an activating group) is 1. The first-order chi connectivity index (χ1) is 9.74. The van der Waals surface area contributed by atoms with E-state index in [-0.39, 0.29) is 6.04 Å². The van der Waals surface area contributed by atoms with Gasteiger partial charge in [-0.2, -0.15) is 0 Å². The predicted octanol–water partition coefficient (Wildman–Crippen LogP) is 2.78. The monoisotopic (exact) mass is 269 g/mol. The maximum absolute atomic E-state index is 5.94. The van der Waals surface area contributed by atoms with E-state index in [0.29, 0.717) is 6.54 Å². The van der Waals surface area contributed by atoms with Gasteiger partial charge in [-0.25, -0.2) is 0 Å². The van der Waals surface area contributed by atoms with Crippen LogP contribution in [0.2, 0.25) is 0 Å². The molecule has 0 fully saturated rings. The zero-order chi connectivity index (χ0) is 14.4. The summed E-state index contributed by atoms with van der Waals surface area (Å²) >= 11 is 0. The number of hydrogen-bond acceptors (Lipinski definition) is 3. The number of pyridine rings is 1. The molecule has 106 valence electrons. The Labute approximate surface area is 121 Å². The highest BCUT2D eigenvalue weighted by atomic mass is 15.1. The van der Waals surface area contributed by atoms with Gasteiger partial charge in [0.15, 0.2) is 0 Å². The Bertz CT molecular complexity index is 508. The first kappa shape index (κ1) is 14.7. The van der Waals surface area contributed by atoms with E-state index < -0.39 is 0 Å². The lowest BCUT2D eigenvalue weighted by molar-refractivity contribution is 0.241. The normalized spacial score (nSPS) is 12.6. The van der Waals surface area contributed by atoms with Gasteiger partial charge in [0.05, 0.1) is 0 Å². The number of nitrogens with two attached hydrogens (primary N) is 1. The Hall–Kier alpha value is -1.71. The van der Waals surface area contributed by atoms with E-state index in [1.54, 1.807) is 0 Å². The van der Waals surface area contributed by atoms with Crippen molar-refractivity contribution in [2.45, 2.75) is 25.9 Å². The van der Waals surface area contributed by atoms with Crippen LogP contribution in [-0.2, 0) is 13.0 Å². The third-order valence-corrected chi connectivity index (χ3v) is 3.71. The lowest BCUT2D eigenvalue weighted by atomic mass is 10.1. The van der Waals surface area contributed by atoms with E-state index in [9.17, 15) is 0 Å². The molecule has 0 amide bonds. The van der Waals surface area contributed by atoms with Gasteiger partial charge >= 0.3 is 0 Å². The molecule has 0 aliphatic heterocycles. The number of hydrogen-bond donors (Lipinski definition) is 1. The molecule has 1 heterocycles. The summed E-state index contributed by atoms with van der Waals surface area (Å²) in [4.78, 5) is 6.35. The molecule has 0 aliphatic rings. The summed E-state index contributed by atoms with van der Waals surface area (Å²) in [5.74, 6) is 0. The molecular weight excluding hydrogens is 246 g/mol. The van der Waals surface area contributed by atoms with Crippen molar-refractivity contribution in [3.8, 4) is 0 Å². The zero-order valence-electron chi connectivity index (χ0n) is 12.3. The van der Waals surface area contributed by atoms with Crippen LogP contribution in [0.25, 0.3) is 0 Å². The molecule has 2 rings (SSSR count). The Morgan fingerprint density at radius 3 is 2.20 bits per heavy atom. The molecule has 3 nitrogen and oxygen atoms in total. The summed E-state index contributed by atoms with van der Waals surface area (Å²) in [7, 11) is 2.12. The minimum atomic E-state index is 0.226. The van der Waals surface area contributed by atoms with Crippen LogP contribution in [0, 0.1) is 0 Å². The number of benzene rings is 1. The SMILES string of the molecule is CCc1ccc(CN(C)C(CN)c2ccncc2)cc1. The molecule has 0 saturated carbocycles.